The molecule has 0 bridgehead atoms. The van der Waals surface area contributed by atoms with Crippen molar-refractivity contribution in [3.8, 4) is 17.3 Å². The normalized spacial score (nSPS) is 23.6. The number of aliphatic hydroxyl groups is 1. The SMILES string of the molecule is OCC1CC(Oc2nc3nc(-c4ccc(N5CCN(SC6CC6)CC5)cc4)c(Cl)cc3[nH]2)CO1. The summed E-state index contributed by atoms with van der Waals surface area (Å²) in [7, 11) is 0. The van der Waals surface area contributed by atoms with Crippen LogP contribution in [-0.4, -0.2) is 81.2 Å². The monoisotopic (exact) mass is 501 g/mol. The summed E-state index contributed by atoms with van der Waals surface area (Å²) in [6.07, 6.45) is 3.06. The summed E-state index contributed by atoms with van der Waals surface area (Å²) in [6, 6.07) is 10.7. The summed E-state index contributed by atoms with van der Waals surface area (Å²) < 4.78 is 13.9. The molecule has 0 radical (unpaired) electrons. The maximum Gasteiger partial charge on any atom is 0.296 e. The number of aromatic nitrogens is 3. The average molecular weight is 502 g/mol. The largest absolute Gasteiger partial charge is 0.459 e. The van der Waals surface area contributed by atoms with E-state index in [0.717, 1.165) is 42.5 Å². The van der Waals surface area contributed by atoms with Crippen LogP contribution in [0.2, 0.25) is 5.02 Å². The summed E-state index contributed by atoms with van der Waals surface area (Å²) in [6.45, 7) is 4.72. The standard InChI is InChI=1S/C24H28ClN5O3S/c25-20-12-21-23(28-24(26-21)33-18-11-17(13-31)32-14-18)27-22(20)15-1-3-16(4-2-15)29-7-9-30(10-8-29)34-19-5-6-19/h1-4,12,17-19,31H,5-11,13-14H2,(H,26,27,28). The van der Waals surface area contributed by atoms with Crippen LogP contribution in [0.15, 0.2) is 30.3 Å². The Morgan fingerprint density at radius 1 is 1.15 bits per heavy atom. The third kappa shape index (κ3) is 4.85. The molecular weight excluding hydrogens is 474 g/mol. The number of rotatable bonds is 7. The van der Waals surface area contributed by atoms with Gasteiger partial charge in [-0.3, -0.25) is 0 Å². The Bertz CT molecular complexity index is 1150. The number of piperazine rings is 1. The number of hydrogen-bond donors (Lipinski definition) is 2. The van der Waals surface area contributed by atoms with E-state index in [9.17, 15) is 5.11 Å². The topological polar surface area (TPSA) is 86.7 Å². The molecule has 0 spiro atoms. The van der Waals surface area contributed by atoms with Crippen LogP contribution in [0.4, 0.5) is 5.69 Å². The number of pyridine rings is 1. The maximum atomic E-state index is 9.23. The van der Waals surface area contributed by atoms with Gasteiger partial charge in [-0.05, 0) is 31.0 Å². The number of hydrogen-bond acceptors (Lipinski definition) is 8. The van der Waals surface area contributed by atoms with Crippen LogP contribution in [-0.2, 0) is 4.74 Å². The van der Waals surface area contributed by atoms with E-state index in [0.29, 0.717) is 35.4 Å². The van der Waals surface area contributed by atoms with Crippen LogP contribution in [0.25, 0.3) is 22.4 Å². The molecule has 2 aliphatic heterocycles. The van der Waals surface area contributed by atoms with Gasteiger partial charge in [0.1, 0.15) is 6.10 Å². The van der Waals surface area contributed by atoms with Crippen molar-refractivity contribution in [3.63, 3.8) is 0 Å². The molecule has 10 heteroatoms. The van der Waals surface area contributed by atoms with Gasteiger partial charge in [-0.25, -0.2) is 9.29 Å². The van der Waals surface area contributed by atoms with Crippen molar-refractivity contribution >= 4 is 40.4 Å². The number of fused-ring (bicyclic) bond motifs is 1. The molecule has 3 fully saturated rings. The van der Waals surface area contributed by atoms with E-state index in [1.165, 1.54) is 18.5 Å². The van der Waals surface area contributed by atoms with Gasteiger partial charge in [0.05, 0.1) is 35.6 Å². The Morgan fingerprint density at radius 3 is 2.65 bits per heavy atom. The summed E-state index contributed by atoms with van der Waals surface area (Å²) >= 11 is 8.64. The van der Waals surface area contributed by atoms with Crippen LogP contribution < -0.4 is 9.64 Å². The quantitative estimate of drug-likeness (QED) is 0.473. The number of benzene rings is 1. The second-order valence-electron chi connectivity index (χ2n) is 9.11. The molecule has 2 saturated heterocycles. The Morgan fingerprint density at radius 2 is 1.94 bits per heavy atom. The molecule has 8 nitrogen and oxygen atoms in total. The molecule has 34 heavy (non-hydrogen) atoms. The van der Waals surface area contributed by atoms with Crippen molar-refractivity contribution in [2.75, 3.05) is 44.3 Å². The zero-order valence-corrected chi connectivity index (χ0v) is 20.4. The fraction of sp³-hybridized carbons (Fsp3) is 0.500. The van der Waals surface area contributed by atoms with Crippen LogP contribution in [0.3, 0.4) is 0 Å². The van der Waals surface area contributed by atoms with Crippen molar-refractivity contribution in [2.24, 2.45) is 0 Å². The molecule has 2 atom stereocenters. The van der Waals surface area contributed by atoms with Gasteiger partial charge >= 0.3 is 0 Å². The lowest BCUT2D eigenvalue weighted by atomic mass is 10.1. The van der Waals surface area contributed by atoms with Crippen molar-refractivity contribution in [1.29, 1.82) is 0 Å². The lowest BCUT2D eigenvalue weighted by molar-refractivity contribution is 0.0528. The summed E-state index contributed by atoms with van der Waals surface area (Å²) in [5.74, 6) is 0. The minimum atomic E-state index is -0.179. The van der Waals surface area contributed by atoms with Crippen LogP contribution in [0, 0.1) is 0 Å². The van der Waals surface area contributed by atoms with E-state index in [4.69, 9.17) is 26.1 Å². The number of anilines is 1. The first-order valence-electron chi connectivity index (χ1n) is 11.9. The highest BCUT2D eigenvalue weighted by atomic mass is 35.5. The zero-order chi connectivity index (χ0) is 23.1. The Labute approximate surface area is 207 Å². The number of aromatic amines is 1. The summed E-state index contributed by atoms with van der Waals surface area (Å²) in [5.41, 5.74) is 4.17. The van der Waals surface area contributed by atoms with Crippen molar-refractivity contribution in [1.82, 2.24) is 19.3 Å². The van der Waals surface area contributed by atoms with E-state index < -0.39 is 0 Å². The molecule has 2 aromatic heterocycles. The molecule has 2 N–H and O–H groups in total. The number of ether oxygens (including phenoxy) is 2. The number of aliphatic hydroxyl groups excluding tert-OH is 1. The highest BCUT2D eigenvalue weighted by Gasteiger charge is 2.28. The first kappa shape index (κ1) is 22.4. The van der Waals surface area contributed by atoms with Crippen LogP contribution in [0.5, 0.6) is 6.01 Å². The predicted molar refractivity (Wildman–Crippen MR) is 135 cm³/mol. The third-order valence-electron chi connectivity index (χ3n) is 6.50. The van der Waals surface area contributed by atoms with Gasteiger partial charge < -0.3 is 24.5 Å². The maximum absolute atomic E-state index is 9.23. The number of imidazole rings is 1. The fourth-order valence-corrected chi connectivity index (χ4v) is 5.86. The first-order chi connectivity index (χ1) is 16.6. The van der Waals surface area contributed by atoms with Gasteiger partial charge in [0.2, 0.25) is 0 Å². The van der Waals surface area contributed by atoms with E-state index in [1.807, 2.05) is 18.0 Å². The van der Waals surface area contributed by atoms with Crippen LogP contribution >= 0.6 is 23.5 Å². The highest BCUT2D eigenvalue weighted by Crippen LogP contribution is 2.37. The molecule has 4 heterocycles. The van der Waals surface area contributed by atoms with E-state index in [2.05, 4.69) is 43.4 Å². The number of H-pyrrole nitrogens is 1. The average Bonchev–Trinajstić information content (AvgIpc) is 3.41. The molecule has 2 unspecified atom stereocenters. The minimum Gasteiger partial charge on any atom is -0.459 e. The number of nitrogens with one attached hydrogen (secondary N) is 1. The number of halogens is 1. The lowest BCUT2D eigenvalue weighted by Crippen LogP contribution is -2.43. The van der Waals surface area contributed by atoms with Crippen molar-refractivity contribution in [3.05, 3.63) is 35.4 Å². The van der Waals surface area contributed by atoms with Crippen molar-refractivity contribution in [2.45, 2.75) is 36.7 Å². The van der Waals surface area contributed by atoms with Crippen molar-refractivity contribution < 1.29 is 14.6 Å². The van der Waals surface area contributed by atoms with Gasteiger partial charge in [-0.15, -0.1) is 0 Å². The van der Waals surface area contributed by atoms with E-state index in [-0.39, 0.29) is 18.8 Å². The molecule has 1 saturated carbocycles. The smallest absolute Gasteiger partial charge is 0.296 e. The predicted octanol–water partition coefficient (Wildman–Crippen LogP) is 3.74. The minimum absolute atomic E-state index is 0.00496. The van der Waals surface area contributed by atoms with E-state index in [1.54, 1.807) is 0 Å². The van der Waals surface area contributed by atoms with E-state index >= 15 is 0 Å². The number of nitrogens with zero attached hydrogens (tertiary/aromatic N) is 4. The molecule has 0 amide bonds. The fourth-order valence-electron chi connectivity index (χ4n) is 4.46. The molecule has 3 aromatic rings. The summed E-state index contributed by atoms with van der Waals surface area (Å²) in [4.78, 5) is 14.8. The summed E-state index contributed by atoms with van der Waals surface area (Å²) in [5, 5.41) is 10.7. The van der Waals surface area contributed by atoms with Gasteiger partial charge in [0.25, 0.3) is 6.01 Å². The molecule has 180 valence electrons. The molecule has 1 aromatic carbocycles. The molecular formula is C24H28ClN5O3S. The second-order valence-corrected chi connectivity index (χ2v) is 10.9. The highest BCUT2D eigenvalue weighted by molar-refractivity contribution is 7.97. The zero-order valence-electron chi connectivity index (χ0n) is 18.8. The van der Waals surface area contributed by atoms with Gasteiger partial charge in [0, 0.05) is 49.1 Å². The van der Waals surface area contributed by atoms with Crippen LogP contribution in [0.1, 0.15) is 19.3 Å². The Hall–Kier alpha value is -2.04. The van der Waals surface area contributed by atoms with Gasteiger partial charge in [-0.1, -0.05) is 35.7 Å². The molecule has 1 aliphatic carbocycles. The molecule has 6 rings (SSSR count). The second kappa shape index (κ2) is 9.54. The first-order valence-corrected chi connectivity index (χ1v) is 13.1. The van der Waals surface area contributed by atoms with Gasteiger partial charge in [-0.2, -0.15) is 4.98 Å². The molecule has 3 aliphatic rings. The Kier molecular flexibility index (Phi) is 6.30. The Balaban J connectivity index is 1.14. The lowest BCUT2D eigenvalue weighted by Gasteiger charge is -2.35. The van der Waals surface area contributed by atoms with Gasteiger partial charge in [0.15, 0.2) is 5.65 Å². The third-order valence-corrected chi connectivity index (χ3v) is 8.22.